The highest BCUT2D eigenvalue weighted by Crippen LogP contribution is 2.39. The number of thiophene rings is 1. The zero-order valence-corrected chi connectivity index (χ0v) is 22.7. The van der Waals surface area contributed by atoms with E-state index in [-0.39, 0.29) is 18.3 Å². The molecular formula is C24H25Cl2N5O3S2. The highest BCUT2D eigenvalue weighted by Gasteiger charge is 2.27. The third-order valence-electron chi connectivity index (χ3n) is 5.70. The number of allylic oxidation sites excluding steroid dienone is 1. The van der Waals surface area contributed by atoms with E-state index in [2.05, 4.69) is 29.0 Å². The zero-order valence-electron chi connectivity index (χ0n) is 19.6. The van der Waals surface area contributed by atoms with Crippen LogP contribution in [-0.4, -0.2) is 32.3 Å². The molecule has 36 heavy (non-hydrogen) atoms. The number of hydrogen-bond acceptors (Lipinski definition) is 7. The Hall–Kier alpha value is -2.53. The number of rotatable bonds is 10. The van der Waals surface area contributed by atoms with E-state index < -0.39 is 5.91 Å². The molecule has 0 saturated carbocycles. The lowest BCUT2D eigenvalue weighted by Gasteiger charge is -2.18. The maximum Gasteiger partial charge on any atom is 0.251 e. The third-order valence-corrected chi connectivity index (χ3v) is 8.38. The van der Waals surface area contributed by atoms with Gasteiger partial charge in [0.25, 0.3) is 5.91 Å². The third kappa shape index (κ3) is 6.05. The molecule has 1 aliphatic carbocycles. The molecule has 0 saturated heterocycles. The number of nitrogens with two attached hydrogens (primary N) is 1. The molecule has 190 valence electrons. The molecule has 0 spiro atoms. The summed E-state index contributed by atoms with van der Waals surface area (Å²) in [5, 5.41) is 13.3. The first-order chi connectivity index (χ1) is 17.3. The van der Waals surface area contributed by atoms with Crippen LogP contribution in [-0.2, 0) is 30.8 Å². The van der Waals surface area contributed by atoms with Crippen molar-refractivity contribution in [2.45, 2.75) is 44.5 Å². The SMILES string of the molecule is C=CCn1c(COc2cc(Cl)ccc2Cl)nnc1SCC(=O)Nc1sc2c(c1C(N)=O)CCC(C)C2. The van der Waals surface area contributed by atoms with Crippen molar-refractivity contribution in [3.63, 3.8) is 0 Å². The molecule has 0 radical (unpaired) electrons. The summed E-state index contributed by atoms with van der Waals surface area (Å²) in [6.07, 6.45) is 4.40. The Bertz CT molecular complexity index is 1310. The van der Waals surface area contributed by atoms with Gasteiger partial charge in [-0.25, -0.2) is 0 Å². The predicted octanol–water partition coefficient (Wildman–Crippen LogP) is 5.37. The Labute approximate surface area is 227 Å². The van der Waals surface area contributed by atoms with Crippen molar-refractivity contribution >= 4 is 63.1 Å². The van der Waals surface area contributed by atoms with Crippen molar-refractivity contribution in [3.8, 4) is 5.75 Å². The van der Waals surface area contributed by atoms with E-state index in [9.17, 15) is 9.59 Å². The molecule has 1 aromatic carbocycles. The minimum Gasteiger partial charge on any atom is -0.484 e. The number of ether oxygens (including phenoxy) is 1. The second-order valence-corrected chi connectivity index (χ2v) is 11.3. The standard InChI is InChI=1S/C24H25Cl2N5O3S2/c1-3-8-31-19(11-34-17-10-14(25)5-7-16(17)26)29-30-24(31)35-12-20(32)28-23-21(22(27)33)15-6-4-13(2)9-18(15)36-23/h3,5,7,10,13H,1,4,6,8-9,11-12H2,2H3,(H2,27,33)(H,28,32). The number of nitrogens with zero attached hydrogens (tertiary/aromatic N) is 3. The van der Waals surface area contributed by atoms with Gasteiger partial charge in [-0.15, -0.1) is 28.1 Å². The van der Waals surface area contributed by atoms with E-state index in [0.717, 1.165) is 29.7 Å². The highest BCUT2D eigenvalue weighted by atomic mass is 35.5. The van der Waals surface area contributed by atoms with Gasteiger partial charge in [0.1, 0.15) is 17.4 Å². The molecule has 3 N–H and O–H groups in total. The van der Waals surface area contributed by atoms with Gasteiger partial charge in [-0.2, -0.15) is 0 Å². The molecular weight excluding hydrogens is 541 g/mol. The van der Waals surface area contributed by atoms with Crippen molar-refractivity contribution in [2.75, 3.05) is 11.1 Å². The second-order valence-electron chi connectivity index (χ2n) is 8.42. The Kier molecular flexibility index (Phi) is 8.61. The Morgan fingerprint density at radius 1 is 1.39 bits per heavy atom. The van der Waals surface area contributed by atoms with Crippen LogP contribution >= 0.6 is 46.3 Å². The molecule has 8 nitrogen and oxygen atoms in total. The van der Waals surface area contributed by atoms with Crippen molar-refractivity contribution in [2.24, 2.45) is 11.7 Å². The first-order valence-corrected chi connectivity index (χ1v) is 13.8. The number of hydrogen-bond donors (Lipinski definition) is 2. The van der Waals surface area contributed by atoms with Gasteiger partial charge in [-0.05, 0) is 42.9 Å². The summed E-state index contributed by atoms with van der Waals surface area (Å²) < 4.78 is 7.60. The summed E-state index contributed by atoms with van der Waals surface area (Å²) in [7, 11) is 0. The smallest absolute Gasteiger partial charge is 0.251 e. The van der Waals surface area contributed by atoms with Crippen LogP contribution in [0.25, 0.3) is 0 Å². The van der Waals surface area contributed by atoms with E-state index in [1.54, 1.807) is 24.3 Å². The number of primary amides is 1. The fourth-order valence-corrected chi connectivity index (χ4v) is 6.50. The number of amides is 2. The molecule has 12 heteroatoms. The van der Waals surface area contributed by atoms with Gasteiger partial charge in [0.15, 0.2) is 11.0 Å². The van der Waals surface area contributed by atoms with Crippen molar-refractivity contribution in [3.05, 3.63) is 62.7 Å². The summed E-state index contributed by atoms with van der Waals surface area (Å²) in [6.45, 7) is 6.51. The number of nitrogens with one attached hydrogen (secondary N) is 1. The van der Waals surface area contributed by atoms with Crippen LogP contribution in [0, 0.1) is 5.92 Å². The number of carbonyl (C=O) groups excluding carboxylic acids is 2. The molecule has 0 fully saturated rings. The van der Waals surface area contributed by atoms with Gasteiger partial charge in [0, 0.05) is 22.5 Å². The van der Waals surface area contributed by atoms with Gasteiger partial charge in [0.2, 0.25) is 5.91 Å². The number of halogens is 2. The van der Waals surface area contributed by atoms with Crippen LogP contribution in [0.3, 0.4) is 0 Å². The summed E-state index contributed by atoms with van der Waals surface area (Å²) >= 11 is 14.9. The van der Waals surface area contributed by atoms with Crippen LogP contribution < -0.4 is 15.8 Å². The molecule has 0 aliphatic heterocycles. The summed E-state index contributed by atoms with van der Waals surface area (Å²) in [5.41, 5.74) is 7.07. The number of fused-ring (bicyclic) bond motifs is 1. The van der Waals surface area contributed by atoms with Crippen molar-refractivity contribution < 1.29 is 14.3 Å². The van der Waals surface area contributed by atoms with Crippen molar-refractivity contribution in [1.82, 2.24) is 14.8 Å². The molecule has 0 bridgehead atoms. The lowest BCUT2D eigenvalue weighted by molar-refractivity contribution is -0.113. The van der Waals surface area contributed by atoms with Crippen molar-refractivity contribution in [1.29, 1.82) is 0 Å². The van der Waals surface area contributed by atoms with Gasteiger partial charge < -0.3 is 15.8 Å². The lowest BCUT2D eigenvalue weighted by Crippen LogP contribution is -2.20. The molecule has 2 aromatic heterocycles. The molecule has 3 aromatic rings. The fraction of sp³-hybridized carbons (Fsp3) is 0.333. The molecule has 1 atom stereocenters. The summed E-state index contributed by atoms with van der Waals surface area (Å²) in [4.78, 5) is 26.0. The number of aromatic nitrogens is 3. The zero-order chi connectivity index (χ0) is 25.8. The first kappa shape index (κ1) is 26.5. The fourth-order valence-electron chi connectivity index (χ4n) is 3.97. The minimum absolute atomic E-state index is 0.0768. The normalized spacial score (nSPS) is 14.8. The van der Waals surface area contributed by atoms with Gasteiger partial charge in [-0.1, -0.05) is 48.0 Å². The molecule has 1 unspecified atom stereocenters. The van der Waals surface area contributed by atoms with E-state index in [1.165, 1.54) is 23.1 Å². The summed E-state index contributed by atoms with van der Waals surface area (Å²) in [5.74, 6) is 0.827. The number of benzene rings is 1. The van der Waals surface area contributed by atoms with Gasteiger partial charge in [-0.3, -0.25) is 14.2 Å². The first-order valence-electron chi connectivity index (χ1n) is 11.2. The van der Waals surface area contributed by atoms with Crippen LogP contribution in [0.5, 0.6) is 5.75 Å². The monoisotopic (exact) mass is 565 g/mol. The quantitative estimate of drug-likeness (QED) is 0.252. The Morgan fingerprint density at radius 2 is 2.19 bits per heavy atom. The van der Waals surface area contributed by atoms with Crippen LogP contribution in [0.1, 0.15) is 40.0 Å². The lowest BCUT2D eigenvalue weighted by atomic mass is 9.88. The Balaban J connectivity index is 1.43. The number of carbonyl (C=O) groups is 2. The van der Waals surface area contributed by atoms with E-state index in [4.69, 9.17) is 33.7 Å². The molecule has 1 aliphatic rings. The van der Waals surface area contributed by atoms with E-state index in [1.807, 2.05) is 4.57 Å². The predicted molar refractivity (Wildman–Crippen MR) is 144 cm³/mol. The average molecular weight is 567 g/mol. The molecule has 2 amide bonds. The van der Waals surface area contributed by atoms with E-state index in [0.29, 0.717) is 49.8 Å². The molecule has 2 heterocycles. The largest absolute Gasteiger partial charge is 0.484 e. The number of anilines is 1. The Morgan fingerprint density at radius 3 is 2.94 bits per heavy atom. The van der Waals surface area contributed by atoms with Crippen LogP contribution in [0.2, 0.25) is 10.0 Å². The van der Waals surface area contributed by atoms with Gasteiger partial charge >= 0.3 is 0 Å². The maximum atomic E-state index is 12.8. The van der Waals surface area contributed by atoms with E-state index >= 15 is 0 Å². The topological polar surface area (TPSA) is 112 Å². The maximum absolute atomic E-state index is 12.8. The second kappa shape index (κ2) is 11.7. The average Bonchev–Trinajstić information content (AvgIpc) is 3.38. The van der Waals surface area contributed by atoms with Crippen LogP contribution in [0.15, 0.2) is 36.0 Å². The van der Waals surface area contributed by atoms with Crippen LogP contribution in [0.4, 0.5) is 5.00 Å². The highest BCUT2D eigenvalue weighted by molar-refractivity contribution is 7.99. The molecule has 4 rings (SSSR count). The summed E-state index contributed by atoms with van der Waals surface area (Å²) in [6, 6.07) is 4.96. The minimum atomic E-state index is -0.514. The number of thioether (sulfide) groups is 1. The van der Waals surface area contributed by atoms with Gasteiger partial charge in [0.05, 0.1) is 16.3 Å².